The fraction of sp³-hybridized carbons (Fsp3) is 0. The molecule has 0 bridgehead atoms. The molecule has 0 saturated carbocycles. The number of aromatic nitrogens is 2. The minimum atomic E-state index is 0.289. The van der Waals surface area contributed by atoms with E-state index in [2.05, 4.69) is 9.82 Å². The van der Waals surface area contributed by atoms with Gasteiger partial charge in [0, 0.05) is 0 Å². The second-order valence-electron chi connectivity index (χ2n) is 1.26. The Labute approximate surface area is 56.0 Å². The smallest absolute Gasteiger partial charge is 0.321 e. The van der Waals surface area contributed by atoms with Crippen LogP contribution in [-0.2, 0) is 4.79 Å². The summed E-state index contributed by atoms with van der Waals surface area (Å²) >= 11 is 5.37. The van der Waals surface area contributed by atoms with Crippen LogP contribution in [0.1, 0.15) is 0 Å². The van der Waals surface area contributed by atoms with Crippen molar-refractivity contribution in [3.8, 4) is 0 Å². The lowest BCUT2D eigenvalue weighted by molar-refractivity contribution is -0.129. The van der Waals surface area contributed by atoms with Crippen molar-refractivity contribution in [2.75, 3.05) is 0 Å². The monoisotopic (exact) mass is 146 g/mol. The van der Waals surface area contributed by atoms with E-state index in [9.17, 15) is 4.79 Å². The molecule has 0 aromatic carbocycles. The minimum absolute atomic E-state index is 0.289. The summed E-state index contributed by atoms with van der Waals surface area (Å²) < 4.78 is 1.11. The van der Waals surface area contributed by atoms with Gasteiger partial charge in [0.1, 0.15) is 6.33 Å². The molecule has 9 heavy (non-hydrogen) atoms. The van der Waals surface area contributed by atoms with E-state index in [1.807, 2.05) is 0 Å². The summed E-state index contributed by atoms with van der Waals surface area (Å²) in [7, 11) is 0. The van der Waals surface area contributed by atoms with Gasteiger partial charge in [-0.05, 0) is 0 Å². The van der Waals surface area contributed by atoms with Crippen LogP contribution in [0.25, 0.3) is 0 Å². The van der Waals surface area contributed by atoms with Gasteiger partial charge in [0.05, 0.1) is 6.20 Å². The summed E-state index contributed by atoms with van der Waals surface area (Å²) in [6.07, 6.45) is 2.66. The average molecular weight is 147 g/mol. The predicted octanol–water partition coefficient (Wildman–Crippen LogP) is 0.121. The first-order valence-electron chi connectivity index (χ1n) is 2.13. The summed E-state index contributed by atoms with van der Waals surface area (Å²) in [5, 5.41) is 0.289. The van der Waals surface area contributed by atoms with Gasteiger partial charge in [-0.1, -0.05) is 11.6 Å². The van der Waals surface area contributed by atoms with Crippen molar-refractivity contribution in [3.63, 3.8) is 0 Å². The molecule has 0 fully saturated rings. The van der Waals surface area contributed by atoms with Crippen LogP contribution in [0.5, 0.6) is 0 Å². The second-order valence-corrected chi connectivity index (χ2v) is 1.65. The molecule has 1 aromatic rings. The summed E-state index contributed by atoms with van der Waals surface area (Å²) in [6, 6.07) is 0. The van der Waals surface area contributed by atoms with Crippen molar-refractivity contribution in [1.29, 1.82) is 0 Å². The third-order valence-electron chi connectivity index (χ3n) is 0.693. The molecule has 48 valence electrons. The molecule has 0 N–H and O–H groups in total. The Morgan fingerprint density at radius 1 is 1.89 bits per heavy atom. The number of carbonyl (C=O) groups excluding carboxylic acids is 1. The zero-order chi connectivity index (χ0) is 6.69. The first kappa shape index (κ1) is 6.10. The minimum Gasteiger partial charge on any atom is -0.339 e. The Hall–Kier alpha value is -1.03. The molecule has 5 heteroatoms. The van der Waals surface area contributed by atoms with E-state index in [4.69, 9.17) is 11.6 Å². The van der Waals surface area contributed by atoms with Gasteiger partial charge in [0.2, 0.25) is 0 Å². The van der Waals surface area contributed by atoms with Gasteiger partial charge in [0.25, 0.3) is 0 Å². The van der Waals surface area contributed by atoms with Crippen LogP contribution >= 0.6 is 11.6 Å². The molecule has 1 aromatic heterocycles. The van der Waals surface area contributed by atoms with Gasteiger partial charge in [-0.25, -0.2) is 4.98 Å². The highest BCUT2D eigenvalue weighted by molar-refractivity contribution is 6.29. The molecule has 1 heterocycles. The summed E-state index contributed by atoms with van der Waals surface area (Å²) in [4.78, 5) is 17.6. The molecule has 0 spiro atoms. The molecule has 0 aliphatic heterocycles. The van der Waals surface area contributed by atoms with Crippen LogP contribution in [0.4, 0.5) is 0 Å². The predicted molar refractivity (Wildman–Crippen MR) is 29.9 cm³/mol. The number of halogens is 1. The van der Waals surface area contributed by atoms with E-state index in [1.54, 1.807) is 0 Å². The SMILES string of the molecule is O=COn1cnc(Cl)c1. The molecule has 0 amide bonds. The molecule has 0 unspecified atom stereocenters. The Balaban J connectivity index is 2.72. The van der Waals surface area contributed by atoms with Gasteiger partial charge in [-0.15, -0.1) is 0 Å². The van der Waals surface area contributed by atoms with E-state index in [0.29, 0.717) is 0 Å². The number of nitrogens with zero attached hydrogens (tertiary/aromatic N) is 2. The number of carbonyl (C=O) groups is 1. The lowest BCUT2D eigenvalue weighted by Crippen LogP contribution is -2.05. The average Bonchev–Trinajstić information content (AvgIpc) is 2.17. The van der Waals surface area contributed by atoms with Gasteiger partial charge < -0.3 is 4.84 Å². The molecule has 1 rings (SSSR count). The maximum Gasteiger partial charge on any atom is 0.321 e. The van der Waals surface area contributed by atoms with Crippen LogP contribution in [0.15, 0.2) is 12.5 Å². The lowest BCUT2D eigenvalue weighted by Gasteiger charge is -1.90. The molecule has 4 nitrogen and oxygen atoms in total. The van der Waals surface area contributed by atoms with Gasteiger partial charge >= 0.3 is 6.47 Å². The molecular weight excluding hydrogens is 144 g/mol. The highest BCUT2D eigenvalue weighted by atomic mass is 35.5. The van der Waals surface area contributed by atoms with Crippen LogP contribution < -0.4 is 4.84 Å². The Bertz CT molecular complexity index is 210. The molecule has 0 aliphatic rings. The highest BCUT2D eigenvalue weighted by Crippen LogP contribution is 1.99. The van der Waals surface area contributed by atoms with Crippen LogP contribution in [-0.4, -0.2) is 16.2 Å². The Morgan fingerprint density at radius 2 is 2.67 bits per heavy atom. The highest BCUT2D eigenvalue weighted by Gasteiger charge is 1.91. The largest absolute Gasteiger partial charge is 0.339 e. The van der Waals surface area contributed by atoms with Gasteiger partial charge in [-0.2, -0.15) is 4.73 Å². The van der Waals surface area contributed by atoms with Crippen LogP contribution in [0, 0.1) is 0 Å². The molecule has 0 atom stereocenters. The number of hydrogen-bond acceptors (Lipinski definition) is 3. The van der Waals surface area contributed by atoms with E-state index in [1.165, 1.54) is 12.5 Å². The van der Waals surface area contributed by atoms with E-state index in [0.717, 1.165) is 4.73 Å². The van der Waals surface area contributed by atoms with Crippen molar-refractivity contribution in [2.24, 2.45) is 0 Å². The molecule has 0 aliphatic carbocycles. The summed E-state index contributed by atoms with van der Waals surface area (Å²) in [5.41, 5.74) is 0. The van der Waals surface area contributed by atoms with Crippen LogP contribution in [0.3, 0.4) is 0 Å². The fourth-order valence-corrected chi connectivity index (χ4v) is 0.531. The van der Waals surface area contributed by atoms with Gasteiger partial charge in [0.15, 0.2) is 5.15 Å². The van der Waals surface area contributed by atoms with Gasteiger partial charge in [-0.3, -0.25) is 4.79 Å². The van der Waals surface area contributed by atoms with Crippen molar-refractivity contribution in [3.05, 3.63) is 17.7 Å². The van der Waals surface area contributed by atoms with Crippen molar-refractivity contribution in [1.82, 2.24) is 9.71 Å². The van der Waals surface area contributed by atoms with E-state index >= 15 is 0 Å². The third kappa shape index (κ3) is 1.43. The maximum absolute atomic E-state index is 9.67. The quantitative estimate of drug-likeness (QED) is 0.557. The molecular formula is C4H3ClN2O2. The first-order chi connectivity index (χ1) is 4.33. The number of hydrogen-bond donors (Lipinski definition) is 0. The summed E-state index contributed by atoms with van der Waals surface area (Å²) in [5.74, 6) is 0. The number of rotatable bonds is 2. The standard InChI is InChI=1S/C4H3ClN2O2/c5-4-1-7(2-6-4)9-3-8/h1-3H. The topological polar surface area (TPSA) is 44.1 Å². The van der Waals surface area contributed by atoms with Crippen molar-refractivity contribution < 1.29 is 9.63 Å². The second kappa shape index (κ2) is 2.50. The number of imidazole rings is 1. The van der Waals surface area contributed by atoms with E-state index < -0.39 is 0 Å². The molecule has 0 radical (unpaired) electrons. The van der Waals surface area contributed by atoms with Crippen molar-refractivity contribution in [2.45, 2.75) is 0 Å². The normalized spacial score (nSPS) is 9.00. The van der Waals surface area contributed by atoms with Crippen molar-refractivity contribution >= 4 is 18.1 Å². The zero-order valence-electron chi connectivity index (χ0n) is 4.32. The Morgan fingerprint density at radius 3 is 3.11 bits per heavy atom. The third-order valence-corrected chi connectivity index (χ3v) is 0.889. The molecule has 0 saturated heterocycles. The first-order valence-corrected chi connectivity index (χ1v) is 2.51. The Kier molecular flexibility index (Phi) is 1.69. The lowest BCUT2D eigenvalue weighted by atomic mass is 10.9. The fourth-order valence-electron chi connectivity index (χ4n) is 0.391. The summed E-state index contributed by atoms with van der Waals surface area (Å²) in [6.45, 7) is 0.290. The van der Waals surface area contributed by atoms with E-state index in [-0.39, 0.29) is 11.6 Å². The van der Waals surface area contributed by atoms with Crippen LogP contribution in [0.2, 0.25) is 5.15 Å². The maximum atomic E-state index is 9.67. The zero-order valence-corrected chi connectivity index (χ0v) is 5.08.